The molecular weight excluding hydrogens is 428 g/mol. The summed E-state index contributed by atoms with van der Waals surface area (Å²) in [5, 5.41) is 14.4. The van der Waals surface area contributed by atoms with E-state index in [0.29, 0.717) is 12.2 Å². The summed E-state index contributed by atoms with van der Waals surface area (Å²) in [5.74, 6) is -0.333. The SMILES string of the molecule is CCN1CCc2c([nH]c3ccccc23)[C@@H]1c1c(O)n(-c2cccc3ccccc23)c(=O)[nH]c1=O. The highest BCUT2D eigenvalue weighted by Crippen LogP contribution is 2.40. The summed E-state index contributed by atoms with van der Waals surface area (Å²) in [4.78, 5) is 34.3. The van der Waals surface area contributed by atoms with E-state index in [0.717, 1.165) is 45.9 Å². The average molecular weight is 453 g/mol. The summed E-state index contributed by atoms with van der Waals surface area (Å²) in [5.41, 5.74) is 2.47. The molecule has 34 heavy (non-hydrogen) atoms. The minimum atomic E-state index is -0.668. The van der Waals surface area contributed by atoms with Crippen LogP contribution < -0.4 is 11.2 Å². The minimum absolute atomic E-state index is 0.168. The Morgan fingerprint density at radius 2 is 1.68 bits per heavy atom. The van der Waals surface area contributed by atoms with E-state index in [4.69, 9.17) is 0 Å². The highest BCUT2D eigenvalue weighted by Gasteiger charge is 2.35. The van der Waals surface area contributed by atoms with Gasteiger partial charge in [-0.25, -0.2) is 9.36 Å². The van der Waals surface area contributed by atoms with E-state index >= 15 is 0 Å². The van der Waals surface area contributed by atoms with E-state index in [1.54, 1.807) is 6.07 Å². The lowest BCUT2D eigenvalue weighted by molar-refractivity contribution is 0.215. The van der Waals surface area contributed by atoms with Crippen LogP contribution in [0.15, 0.2) is 76.3 Å². The monoisotopic (exact) mass is 452 g/mol. The molecule has 0 bridgehead atoms. The van der Waals surface area contributed by atoms with Gasteiger partial charge in [0.1, 0.15) is 5.56 Å². The van der Waals surface area contributed by atoms with Crippen LogP contribution in [-0.2, 0) is 6.42 Å². The highest BCUT2D eigenvalue weighted by atomic mass is 16.3. The maximum atomic E-state index is 13.2. The number of benzene rings is 3. The Bertz CT molecular complexity index is 1670. The largest absolute Gasteiger partial charge is 0.494 e. The molecule has 0 aliphatic carbocycles. The fourth-order valence-electron chi connectivity index (χ4n) is 5.37. The molecule has 1 aliphatic rings. The third kappa shape index (κ3) is 2.94. The van der Waals surface area contributed by atoms with Gasteiger partial charge in [-0.1, -0.05) is 61.5 Å². The minimum Gasteiger partial charge on any atom is -0.494 e. The molecule has 6 rings (SSSR count). The van der Waals surface area contributed by atoms with Crippen molar-refractivity contribution in [3.8, 4) is 11.6 Å². The van der Waals surface area contributed by atoms with Gasteiger partial charge in [-0.2, -0.15) is 0 Å². The van der Waals surface area contributed by atoms with Gasteiger partial charge in [0.15, 0.2) is 0 Å². The lowest BCUT2D eigenvalue weighted by Gasteiger charge is -2.35. The van der Waals surface area contributed by atoms with Gasteiger partial charge in [0.2, 0.25) is 5.88 Å². The molecule has 2 aromatic heterocycles. The number of likely N-dealkylation sites (N-methyl/N-ethyl adjacent to an activating group) is 1. The number of hydrogen-bond acceptors (Lipinski definition) is 4. The standard InChI is InChI=1S/C27H24N4O3/c1-2-30-15-14-19-18-11-5-6-12-20(18)28-23(19)24(30)22-25(32)29-27(34)31(26(22)33)21-13-7-9-16-8-3-4-10-17(16)21/h3-13,24,28,33H,2,14-15H2,1H3,(H,29,32,34)/t24-/m0/s1. The summed E-state index contributed by atoms with van der Waals surface area (Å²) in [7, 11) is 0. The van der Waals surface area contributed by atoms with Crippen molar-refractivity contribution in [3.63, 3.8) is 0 Å². The number of aromatic nitrogens is 3. The molecule has 0 fully saturated rings. The maximum Gasteiger partial charge on any atom is 0.335 e. The molecule has 1 aliphatic heterocycles. The van der Waals surface area contributed by atoms with Crippen LogP contribution in [0.2, 0.25) is 0 Å². The summed E-state index contributed by atoms with van der Waals surface area (Å²) < 4.78 is 1.21. The molecule has 0 unspecified atom stereocenters. The van der Waals surface area contributed by atoms with Gasteiger partial charge in [0, 0.05) is 28.5 Å². The summed E-state index contributed by atoms with van der Waals surface area (Å²) in [6.07, 6.45) is 0.839. The number of rotatable bonds is 3. The van der Waals surface area contributed by atoms with E-state index in [2.05, 4.69) is 20.9 Å². The molecule has 3 heterocycles. The molecule has 3 aromatic carbocycles. The van der Waals surface area contributed by atoms with Crippen LogP contribution in [0.3, 0.4) is 0 Å². The molecule has 0 saturated heterocycles. The smallest absolute Gasteiger partial charge is 0.335 e. The van der Waals surface area contributed by atoms with Gasteiger partial charge in [-0.15, -0.1) is 0 Å². The van der Waals surface area contributed by atoms with Crippen LogP contribution in [0, 0.1) is 0 Å². The van der Waals surface area contributed by atoms with Crippen LogP contribution in [-0.4, -0.2) is 37.6 Å². The third-order valence-corrected chi connectivity index (χ3v) is 6.94. The van der Waals surface area contributed by atoms with Gasteiger partial charge < -0.3 is 10.1 Å². The van der Waals surface area contributed by atoms with Crippen LogP contribution in [0.5, 0.6) is 5.88 Å². The van der Waals surface area contributed by atoms with Gasteiger partial charge in [0.25, 0.3) is 5.56 Å². The summed E-state index contributed by atoms with van der Waals surface area (Å²) in [6.45, 7) is 3.46. The van der Waals surface area contributed by atoms with E-state index in [9.17, 15) is 14.7 Å². The Kier molecular flexibility index (Phi) is 4.67. The number of hydrogen-bond donors (Lipinski definition) is 3. The highest BCUT2D eigenvalue weighted by molar-refractivity contribution is 5.90. The van der Waals surface area contributed by atoms with Crippen LogP contribution >= 0.6 is 0 Å². The molecule has 0 amide bonds. The van der Waals surface area contributed by atoms with Crippen molar-refractivity contribution in [1.29, 1.82) is 0 Å². The van der Waals surface area contributed by atoms with E-state index in [1.807, 2.05) is 61.5 Å². The second-order valence-electron chi connectivity index (χ2n) is 8.67. The molecule has 7 heteroatoms. The number of nitrogens with one attached hydrogen (secondary N) is 2. The van der Waals surface area contributed by atoms with Crippen LogP contribution in [0.25, 0.3) is 27.4 Å². The maximum absolute atomic E-state index is 13.2. The van der Waals surface area contributed by atoms with E-state index in [-0.39, 0.29) is 11.4 Å². The van der Waals surface area contributed by atoms with Crippen molar-refractivity contribution < 1.29 is 5.11 Å². The van der Waals surface area contributed by atoms with Crippen LogP contribution in [0.4, 0.5) is 0 Å². The summed E-state index contributed by atoms with van der Waals surface area (Å²) in [6, 6.07) is 20.8. The van der Waals surface area contributed by atoms with Crippen molar-refractivity contribution >= 4 is 21.7 Å². The fraction of sp³-hybridized carbons (Fsp3) is 0.185. The lowest BCUT2D eigenvalue weighted by atomic mass is 9.93. The number of fused-ring (bicyclic) bond motifs is 4. The molecule has 3 N–H and O–H groups in total. The van der Waals surface area contributed by atoms with Gasteiger partial charge in [0.05, 0.1) is 11.7 Å². The van der Waals surface area contributed by atoms with Crippen molar-refractivity contribution in [2.45, 2.75) is 19.4 Å². The molecular formula is C27H24N4O3. The number of H-pyrrole nitrogens is 2. The van der Waals surface area contributed by atoms with Gasteiger partial charge in [-0.3, -0.25) is 14.7 Å². The molecule has 0 radical (unpaired) electrons. The molecule has 0 spiro atoms. The first-order chi connectivity index (χ1) is 16.6. The average Bonchev–Trinajstić information content (AvgIpc) is 3.23. The molecule has 5 aromatic rings. The van der Waals surface area contributed by atoms with Gasteiger partial charge >= 0.3 is 5.69 Å². The lowest BCUT2D eigenvalue weighted by Crippen LogP contribution is -2.41. The second kappa shape index (κ2) is 7.74. The molecule has 7 nitrogen and oxygen atoms in total. The predicted octanol–water partition coefficient (Wildman–Crippen LogP) is 3.83. The van der Waals surface area contributed by atoms with Gasteiger partial charge in [-0.05, 0) is 36.0 Å². The number of para-hydroxylation sites is 1. The Balaban J connectivity index is 1.65. The molecule has 0 saturated carbocycles. The van der Waals surface area contributed by atoms with Crippen molar-refractivity contribution in [1.82, 2.24) is 19.4 Å². The van der Waals surface area contributed by atoms with Crippen molar-refractivity contribution in [2.75, 3.05) is 13.1 Å². The Morgan fingerprint density at radius 3 is 2.50 bits per heavy atom. The first-order valence-electron chi connectivity index (χ1n) is 11.5. The second-order valence-corrected chi connectivity index (χ2v) is 8.67. The normalized spacial score (nSPS) is 16.2. The first-order valence-corrected chi connectivity index (χ1v) is 11.5. The Morgan fingerprint density at radius 1 is 0.941 bits per heavy atom. The number of aromatic amines is 2. The van der Waals surface area contributed by atoms with Crippen molar-refractivity contribution in [3.05, 3.63) is 104 Å². The number of aromatic hydroxyl groups is 1. The van der Waals surface area contributed by atoms with E-state index in [1.165, 1.54) is 4.57 Å². The fourth-order valence-corrected chi connectivity index (χ4v) is 5.37. The topological polar surface area (TPSA) is 94.1 Å². The molecule has 170 valence electrons. The van der Waals surface area contributed by atoms with Crippen molar-refractivity contribution in [2.24, 2.45) is 0 Å². The predicted molar refractivity (Wildman–Crippen MR) is 133 cm³/mol. The quantitative estimate of drug-likeness (QED) is 0.388. The zero-order valence-corrected chi connectivity index (χ0v) is 18.7. The number of nitrogens with zero attached hydrogens (tertiary/aromatic N) is 2. The molecule has 1 atom stereocenters. The van der Waals surface area contributed by atoms with E-state index < -0.39 is 17.3 Å². The zero-order chi connectivity index (χ0) is 23.4. The first kappa shape index (κ1) is 20.5. The zero-order valence-electron chi connectivity index (χ0n) is 18.7. The Labute approximate surface area is 194 Å². The third-order valence-electron chi connectivity index (χ3n) is 6.94. The Hall–Kier alpha value is -4.10. The van der Waals surface area contributed by atoms with Crippen LogP contribution in [0.1, 0.15) is 29.8 Å². The summed E-state index contributed by atoms with van der Waals surface area (Å²) >= 11 is 0.